The minimum absolute atomic E-state index is 0.0653. The molecule has 0 radical (unpaired) electrons. The molecule has 3 rings (SSSR count). The summed E-state index contributed by atoms with van der Waals surface area (Å²) in [5, 5.41) is 20.4. The Hall–Kier alpha value is -2.97. The van der Waals surface area contributed by atoms with Gasteiger partial charge in [-0.05, 0) is 19.1 Å². The van der Waals surface area contributed by atoms with E-state index in [2.05, 4.69) is 15.3 Å². The fourth-order valence-electron chi connectivity index (χ4n) is 3.11. The lowest BCUT2D eigenvalue weighted by Gasteiger charge is -2.37. The zero-order valence-electron chi connectivity index (χ0n) is 15.3. The summed E-state index contributed by atoms with van der Waals surface area (Å²) in [7, 11) is 0. The summed E-state index contributed by atoms with van der Waals surface area (Å²) in [5.74, 6) is -0.756. The van der Waals surface area contributed by atoms with Gasteiger partial charge >= 0.3 is 6.18 Å². The Kier molecular flexibility index (Phi) is 5.86. The van der Waals surface area contributed by atoms with Crippen molar-refractivity contribution in [1.82, 2.24) is 15.3 Å². The number of aromatic nitrogens is 2. The highest BCUT2D eigenvalue weighted by atomic mass is 19.4. The summed E-state index contributed by atoms with van der Waals surface area (Å²) in [6.45, 7) is 1.25. The number of carbonyl (C=O) groups is 1. The highest BCUT2D eigenvalue weighted by Gasteiger charge is 2.39. The van der Waals surface area contributed by atoms with Crippen LogP contribution in [0.4, 0.5) is 18.9 Å². The molecule has 0 bridgehead atoms. The van der Waals surface area contributed by atoms with Crippen molar-refractivity contribution < 1.29 is 27.8 Å². The zero-order chi connectivity index (χ0) is 21.2. The van der Waals surface area contributed by atoms with E-state index in [1.54, 1.807) is 19.1 Å². The van der Waals surface area contributed by atoms with E-state index in [1.807, 2.05) is 11.0 Å². The van der Waals surface area contributed by atoms with Crippen LogP contribution in [0.5, 0.6) is 0 Å². The van der Waals surface area contributed by atoms with Gasteiger partial charge in [0.15, 0.2) is 12.2 Å². The van der Waals surface area contributed by atoms with Gasteiger partial charge in [-0.2, -0.15) is 18.4 Å². The number of nitriles is 1. The molecule has 2 N–H and O–H groups in total. The predicted octanol–water partition coefficient (Wildman–Crippen LogP) is 1.13. The topological polar surface area (TPSA) is 111 Å². The molecule has 0 aliphatic carbocycles. The lowest BCUT2D eigenvalue weighted by molar-refractivity contribution is -0.202. The largest absolute Gasteiger partial charge is 0.416 e. The summed E-state index contributed by atoms with van der Waals surface area (Å²) in [5.41, 5.74) is 1.89. The van der Waals surface area contributed by atoms with Gasteiger partial charge in [-0.1, -0.05) is 0 Å². The lowest BCUT2D eigenvalue weighted by Crippen LogP contribution is -2.54. The number of fused-ring (bicyclic) bond motifs is 1. The van der Waals surface area contributed by atoms with E-state index in [1.165, 1.54) is 12.4 Å². The van der Waals surface area contributed by atoms with Gasteiger partial charge in [0.05, 0.1) is 30.4 Å². The van der Waals surface area contributed by atoms with E-state index in [-0.39, 0.29) is 6.54 Å². The summed E-state index contributed by atoms with van der Waals surface area (Å²) >= 11 is 0. The van der Waals surface area contributed by atoms with Crippen LogP contribution < -0.4 is 10.2 Å². The average molecular weight is 409 g/mol. The van der Waals surface area contributed by atoms with Gasteiger partial charge in [0, 0.05) is 18.9 Å². The number of rotatable bonds is 4. The highest BCUT2D eigenvalue weighted by molar-refractivity contribution is 5.92. The number of anilines is 1. The van der Waals surface area contributed by atoms with Crippen LogP contribution in [0.15, 0.2) is 24.5 Å². The molecule has 1 aliphatic rings. The second kappa shape index (κ2) is 8.18. The monoisotopic (exact) mass is 409 g/mol. The predicted molar refractivity (Wildman–Crippen MR) is 95.9 cm³/mol. The number of benzene rings is 1. The van der Waals surface area contributed by atoms with Crippen LogP contribution in [0.1, 0.15) is 12.5 Å². The van der Waals surface area contributed by atoms with Crippen LogP contribution >= 0.6 is 0 Å². The van der Waals surface area contributed by atoms with E-state index in [9.17, 15) is 23.2 Å². The van der Waals surface area contributed by atoms with Crippen LogP contribution in [0.2, 0.25) is 0 Å². The molecule has 1 amide bonds. The molecule has 1 aromatic carbocycles. The smallest absolute Gasteiger partial charge is 0.382 e. The molecule has 1 aliphatic heterocycles. The van der Waals surface area contributed by atoms with E-state index < -0.39 is 36.9 Å². The van der Waals surface area contributed by atoms with Crippen LogP contribution in [-0.2, 0) is 9.53 Å². The number of aliphatic hydroxyl groups is 1. The maximum Gasteiger partial charge on any atom is 0.416 e. The molecule has 154 valence electrons. The third-order valence-corrected chi connectivity index (χ3v) is 4.47. The van der Waals surface area contributed by atoms with E-state index in [4.69, 9.17) is 9.84 Å². The molecular weight excluding hydrogens is 391 g/mol. The highest BCUT2D eigenvalue weighted by Crippen LogP contribution is 2.29. The van der Waals surface area contributed by atoms with Crippen molar-refractivity contribution in [1.29, 1.82) is 5.26 Å². The molecule has 2 aromatic rings. The minimum Gasteiger partial charge on any atom is -0.382 e. The second-order valence-corrected chi connectivity index (χ2v) is 6.64. The van der Waals surface area contributed by atoms with E-state index >= 15 is 0 Å². The Labute approximate surface area is 163 Å². The van der Waals surface area contributed by atoms with Gasteiger partial charge in [0.2, 0.25) is 0 Å². The Morgan fingerprint density at radius 1 is 1.38 bits per heavy atom. The van der Waals surface area contributed by atoms with Crippen LogP contribution in [0, 0.1) is 11.3 Å². The molecule has 29 heavy (non-hydrogen) atoms. The first-order chi connectivity index (χ1) is 13.7. The third kappa shape index (κ3) is 4.55. The number of carbonyl (C=O) groups excluding carboxylic acids is 1. The molecule has 8 nitrogen and oxygen atoms in total. The number of morpholine rings is 1. The van der Waals surface area contributed by atoms with Gasteiger partial charge in [-0.3, -0.25) is 14.8 Å². The second-order valence-electron chi connectivity index (χ2n) is 6.64. The number of hydrogen-bond acceptors (Lipinski definition) is 7. The SMILES string of the molecule is C[C@@H]1CN(c2ccc(C#N)c3nccnc23)C[C@H](C(=O)NC[C@@H](O)C(F)(F)F)O1. The summed E-state index contributed by atoms with van der Waals surface area (Å²) in [6, 6.07) is 5.34. The first-order valence-electron chi connectivity index (χ1n) is 8.77. The quantitative estimate of drug-likeness (QED) is 0.779. The molecular formula is C18H18F3N5O3. The summed E-state index contributed by atoms with van der Waals surface area (Å²) < 4.78 is 42.8. The van der Waals surface area contributed by atoms with Gasteiger partial charge in [0.25, 0.3) is 5.91 Å². The van der Waals surface area contributed by atoms with Crippen LogP contribution in [0.3, 0.4) is 0 Å². The van der Waals surface area contributed by atoms with Crippen molar-refractivity contribution in [3.05, 3.63) is 30.1 Å². The molecule has 2 heterocycles. The Bertz CT molecular complexity index is 946. The number of halogens is 3. The van der Waals surface area contributed by atoms with Crippen molar-refractivity contribution in [2.45, 2.75) is 31.4 Å². The maximum absolute atomic E-state index is 12.4. The van der Waals surface area contributed by atoms with Crippen LogP contribution in [-0.4, -0.2) is 65.1 Å². The number of amides is 1. The molecule has 1 saturated heterocycles. The fourth-order valence-corrected chi connectivity index (χ4v) is 3.11. The van der Waals surface area contributed by atoms with Gasteiger partial charge in [0.1, 0.15) is 17.1 Å². The van der Waals surface area contributed by atoms with Crippen molar-refractivity contribution in [2.24, 2.45) is 0 Å². The molecule has 3 atom stereocenters. The first kappa shape index (κ1) is 20.8. The van der Waals surface area contributed by atoms with Gasteiger partial charge in [-0.25, -0.2) is 0 Å². The summed E-state index contributed by atoms with van der Waals surface area (Å²) in [6.07, 6.45) is -5.95. The number of nitrogens with zero attached hydrogens (tertiary/aromatic N) is 4. The maximum atomic E-state index is 12.4. The van der Waals surface area contributed by atoms with Gasteiger partial charge < -0.3 is 20.1 Å². The minimum atomic E-state index is -4.82. The van der Waals surface area contributed by atoms with Crippen molar-refractivity contribution >= 4 is 22.6 Å². The molecule has 0 unspecified atom stereocenters. The number of hydrogen-bond donors (Lipinski definition) is 2. The number of ether oxygens (including phenoxy) is 1. The van der Waals surface area contributed by atoms with Crippen molar-refractivity contribution in [3.8, 4) is 6.07 Å². The lowest BCUT2D eigenvalue weighted by atomic mass is 10.1. The average Bonchev–Trinajstić information content (AvgIpc) is 2.69. The van der Waals surface area contributed by atoms with E-state index in [0.717, 1.165) is 0 Å². The van der Waals surface area contributed by atoms with Crippen molar-refractivity contribution in [3.63, 3.8) is 0 Å². The molecule has 1 aromatic heterocycles. The van der Waals surface area contributed by atoms with Crippen molar-refractivity contribution in [2.75, 3.05) is 24.5 Å². The number of alkyl halides is 3. The molecule has 11 heteroatoms. The fraction of sp³-hybridized carbons (Fsp3) is 0.444. The summed E-state index contributed by atoms with van der Waals surface area (Å²) in [4.78, 5) is 22.6. The Balaban J connectivity index is 1.80. The molecule has 0 spiro atoms. The number of nitrogens with one attached hydrogen (secondary N) is 1. The first-order valence-corrected chi connectivity index (χ1v) is 8.77. The van der Waals surface area contributed by atoms with Crippen LogP contribution in [0.25, 0.3) is 11.0 Å². The van der Waals surface area contributed by atoms with Gasteiger partial charge in [-0.15, -0.1) is 0 Å². The number of aliphatic hydroxyl groups excluding tert-OH is 1. The Morgan fingerprint density at radius 3 is 2.72 bits per heavy atom. The normalized spacial score (nSPS) is 20.9. The van der Waals surface area contributed by atoms with E-state index in [0.29, 0.717) is 28.8 Å². The molecule has 0 saturated carbocycles. The standard InChI is InChI=1S/C18H18F3N5O3/c1-10-8-26(9-13(29-10)17(28)25-7-14(27)18(19,20)21)12-3-2-11(6-22)15-16(12)24-5-4-23-15/h2-5,10,13-14,27H,7-9H2,1H3,(H,25,28)/t10-,13-,14-/m1/s1. The third-order valence-electron chi connectivity index (χ3n) is 4.47. The zero-order valence-corrected chi connectivity index (χ0v) is 15.3. The molecule has 1 fully saturated rings. The Morgan fingerprint density at radius 2 is 2.07 bits per heavy atom.